The number of aliphatic carboxylic acids is 1. The zero-order chi connectivity index (χ0) is 11.4. The fourth-order valence-corrected chi connectivity index (χ4v) is 1.62. The highest BCUT2D eigenvalue weighted by Crippen LogP contribution is 2.20. The molecule has 2 N–H and O–H groups in total. The van der Waals surface area contributed by atoms with Gasteiger partial charge in [-0.15, -0.1) is 0 Å². The molecule has 2 unspecified atom stereocenters. The Balaban J connectivity index is 2.50. The van der Waals surface area contributed by atoms with E-state index in [2.05, 4.69) is 5.32 Å². The maximum absolute atomic E-state index is 11.6. The quantitative estimate of drug-likeness (QED) is 0.711. The van der Waals surface area contributed by atoms with Crippen LogP contribution in [0.1, 0.15) is 26.7 Å². The zero-order valence-electron chi connectivity index (χ0n) is 9.03. The van der Waals surface area contributed by atoms with E-state index in [0.717, 1.165) is 6.42 Å². The van der Waals surface area contributed by atoms with Crippen LogP contribution in [0.3, 0.4) is 0 Å². The number of carboxylic acid groups (broad SMARTS) is 1. The van der Waals surface area contributed by atoms with Crippen LogP contribution in [-0.2, 0) is 14.3 Å². The van der Waals surface area contributed by atoms with Gasteiger partial charge in [-0.3, -0.25) is 4.79 Å². The number of carbonyl (C=O) groups excluding carboxylic acids is 1. The molecule has 1 aliphatic rings. The van der Waals surface area contributed by atoms with Gasteiger partial charge in [0.05, 0.1) is 0 Å². The van der Waals surface area contributed by atoms with Crippen LogP contribution in [0.15, 0.2) is 0 Å². The largest absolute Gasteiger partial charge is 0.480 e. The lowest BCUT2D eigenvalue weighted by atomic mass is 10.0. The minimum absolute atomic E-state index is 0.163. The van der Waals surface area contributed by atoms with Crippen molar-refractivity contribution in [1.82, 2.24) is 5.32 Å². The van der Waals surface area contributed by atoms with Crippen molar-refractivity contribution in [3.63, 3.8) is 0 Å². The summed E-state index contributed by atoms with van der Waals surface area (Å²) in [5, 5.41) is 11.3. The van der Waals surface area contributed by atoms with E-state index in [4.69, 9.17) is 9.84 Å². The number of amides is 1. The van der Waals surface area contributed by atoms with E-state index in [9.17, 15) is 9.59 Å². The normalized spacial score (nSPS) is 27.3. The van der Waals surface area contributed by atoms with Gasteiger partial charge in [0.25, 0.3) is 0 Å². The highest BCUT2D eigenvalue weighted by Gasteiger charge is 2.32. The van der Waals surface area contributed by atoms with E-state index in [0.29, 0.717) is 13.0 Å². The van der Waals surface area contributed by atoms with Crippen LogP contribution in [0.4, 0.5) is 0 Å². The molecule has 1 heterocycles. The number of nitrogens with one attached hydrogen (secondary N) is 1. The lowest BCUT2D eigenvalue weighted by Gasteiger charge is -2.18. The maximum Gasteiger partial charge on any atom is 0.326 e. The molecule has 5 heteroatoms. The highest BCUT2D eigenvalue weighted by atomic mass is 16.5. The molecule has 0 saturated carbocycles. The molecular formula is C10H17NO4. The molecule has 0 radical (unpaired) electrons. The fraction of sp³-hybridized carbons (Fsp3) is 0.800. The molecule has 0 aromatic heterocycles. The van der Waals surface area contributed by atoms with Crippen LogP contribution >= 0.6 is 0 Å². The first kappa shape index (κ1) is 12.0. The summed E-state index contributed by atoms with van der Waals surface area (Å²) in [7, 11) is 0. The van der Waals surface area contributed by atoms with Crippen molar-refractivity contribution in [3.8, 4) is 0 Å². The van der Waals surface area contributed by atoms with Gasteiger partial charge in [0.2, 0.25) is 5.91 Å². The van der Waals surface area contributed by atoms with Gasteiger partial charge >= 0.3 is 5.97 Å². The highest BCUT2D eigenvalue weighted by molar-refractivity contribution is 5.86. The van der Waals surface area contributed by atoms with Crippen molar-refractivity contribution >= 4 is 11.9 Å². The maximum atomic E-state index is 11.6. The molecular weight excluding hydrogens is 198 g/mol. The number of hydrogen-bond acceptors (Lipinski definition) is 3. The number of rotatable bonds is 4. The van der Waals surface area contributed by atoms with Crippen LogP contribution in [0.5, 0.6) is 0 Å². The van der Waals surface area contributed by atoms with E-state index in [-0.39, 0.29) is 11.8 Å². The molecule has 5 nitrogen and oxygen atoms in total. The molecule has 1 aliphatic heterocycles. The predicted octanol–water partition coefficient (Wildman–Crippen LogP) is 0.391. The summed E-state index contributed by atoms with van der Waals surface area (Å²) >= 11 is 0. The van der Waals surface area contributed by atoms with Crippen LogP contribution in [-0.4, -0.2) is 35.7 Å². The molecule has 15 heavy (non-hydrogen) atoms. The third kappa shape index (κ3) is 2.92. The van der Waals surface area contributed by atoms with E-state index >= 15 is 0 Å². The van der Waals surface area contributed by atoms with Crippen molar-refractivity contribution in [2.75, 3.05) is 6.61 Å². The van der Waals surface area contributed by atoms with Gasteiger partial charge in [-0.1, -0.05) is 13.8 Å². The Kier molecular flexibility index (Phi) is 4.08. The minimum atomic E-state index is -1.00. The standard InChI is InChI=1S/C10H17NO4/c1-3-7(10(13)14)11-9(12)8-6(2)4-5-15-8/h6-8H,3-5H2,1-2H3,(H,11,12)(H,13,14)/t6?,7-,8?/m0/s1. The Morgan fingerprint density at radius 1 is 1.60 bits per heavy atom. The van der Waals surface area contributed by atoms with Crippen LogP contribution in [0, 0.1) is 5.92 Å². The molecule has 0 aromatic carbocycles. The Morgan fingerprint density at radius 2 is 2.27 bits per heavy atom. The SMILES string of the molecule is CC[C@H](NC(=O)C1OCCC1C)C(=O)O. The molecule has 1 fully saturated rings. The molecule has 0 aromatic rings. The second-order valence-electron chi connectivity index (χ2n) is 3.87. The lowest BCUT2D eigenvalue weighted by Crippen LogP contribution is -2.46. The fourth-order valence-electron chi connectivity index (χ4n) is 1.62. The van der Waals surface area contributed by atoms with Gasteiger partial charge in [0.1, 0.15) is 12.1 Å². The summed E-state index contributed by atoms with van der Waals surface area (Å²) in [6.45, 7) is 4.22. The topological polar surface area (TPSA) is 75.6 Å². The first-order valence-corrected chi connectivity index (χ1v) is 5.21. The lowest BCUT2D eigenvalue weighted by molar-refractivity contribution is -0.144. The third-order valence-electron chi connectivity index (χ3n) is 2.67. The van der Waals surface area contributed by atoms with Crippen LogP contribution < -0.4 is 5.32 Å². The Bertz CT molecular complexity index is 254. The van der Waals surface area contributed by atoms with Crippen molar-refractivity contribution in [2.24, 2.45) is 5.92 Å². The van der Waals surface area contributed by atoms with Crippen molar-refractivity contribution in [1.29, 1.82) is 0 Å². The van der Waals surface area contributed by atoms with Crippen molar-refractivity contribution < 1.29 is 19.4 Å². The summed E-state index contributed by atoms with van der Waals surface area (Å²) in [5.74, 6) is -1.15. The summed E-state index contributed by atoms with van der Waals surface area (Å²) in [6.07, 6.45) is 0.739. The molecule has 0 aliphatic carbocycles. The van der Waals surface area contributed by atoms with Gasteiger partial charge in [-0.2, -0.15) is 0 Å². The molecule has 0 bridgehead atoms. The van der Waals surface area contributed by atoms with E-state index in [1.807, 2.05) is 6.92 Å². The second-order valence-corrected chi connectivity index (χ2v) is 3.87. The zero-order valence-corrected chi connectivity index (χ0v) is 9.03. The van der Waals surface area contributed by atoms with E-state index in [1.165, 1.54) is 0 Å². The summed E-state index contributed by atoms with van der Waals surface area (Å²) in [4.78, 5) is 22.3. The first-order valence-electron chi connectivity index (χ1n) is 5.21. The first-order chi connectivity index (χ1) is 7.06. The summed E-state index contributed by atoms with van der Waals surface area (Å²) in [6, 6.07) is -0.811. The Labute approximate surface area is 88.8 Å². The van der Waals surface area contributed by atoms with Crippen LogP contribution in [0.25, 0.3) is 0 Å². The predicted molar refractivity (Wildman–Crippen MR) is 53.4 cm³/mol. The summed E-state index contributed by atoms with van der Waals surface area (Å²) < 4.78 is 5.25. The molecule has 1 amide bonds. The molecule has 1 saturated heterocycles. The number of ether oxygens (including phenoxy) is 1. The Hall–Kier alpha value is -1.10. The smallest absolute Gasteiger partial charge is 0.326 e. The summed E-state index contributed by atoms with van der Waals surface area (Å²) in [5.41, 5.74) is 0. The molecule has 3 atom stereocenters. The van der Waals surface area contributed by atoms with Gasteiger partial charge in [-0.05, 0) is 18.8 Å². The minimum Gasteiger partial charge on any atom is -0.480 e. The Morgan fingerprint density at radius 3 is 2.67 bits per heavy atom. The van der Waals surface area contributed by atoms with Crippen molar-refractivity contribution in [2.45, 2.75) is 38.8 Å². The number of carbonyl (C=O) groups is 2. The third-order valence-corrected chi connectivity index (χ3v) is 2.67. The number of carboxylic acids is 1. The average molecular weight is 215 g/mol. The van der Waals surface area contributed by atoms with E-state index < -0.39 is 18.1 Å². The van der Waals surface area contributed by atoms with Gasteiger partial charge in [0, 0.05) is 6.61 Å². The molecule has 1 rings (SSSR count). The van der Waals surface area contributed by atoms with E-state index in [1.54, 1.807) is 6.92 Å². The monoisotopic (exact) mass is 215 g/mol. The molecule has 0 spiro atoms. The van der Waals surface area contributed by atoms with Gasteiger partial charge in [0.15, 0.2) is 0 Å². The van der Waals surface area contributed by atoms with Crippen molar-refractivity contribution in [3.05, 3.63) is 0 Å². The van der Waals surface area contributed by atoms with Gasteiger partial charge in [-0.25, -0.2) is 4.79 Å². The average Bonchev–Trinajstić information content (AvgIpc) is 2.60. The van der Waals surface area contributed by atoms with Crippen LogP contribution in [0.2, 0.25) is 0 Å². The second kappa shape index (κ2) is 5.11. The number of hydrogen-bond donors (Lipinski definition) is 2. The molecule has 86 valence electrons. The van der Waals surface area contributed by atoms with Gasteiger partial charge < -0.3 is 15.2 Å².